The van der Waals surface area contributed by atoms with Crippen LogP contribution in [0.15, 0.2) is 48.5 Å². The molecule has 3 rings (SSSR count). The molecule has 0 bridgehead atoms. The first-order chi connectivity index (χ1) is 9.20. The maximum atomic E-state index is 13.1. The Morgan fingerprint density at radius 1 is 1.11 bits per heavy atom. The van der Waals surface area contributed by atoms with Crippen molar-refractivity contribution in [3.05, 3.63) is 65.1 Å². The number of rotatable bonds is 3. The average Bonchev–Trinajstić information content (AvgIpc) is 2.78. The minimum Gasteiger partial charge on any atom is -0.487 e. The maximum absolute atomic E-state index is 13.1. The van der Waals surface area contributed by atoms with E-state index >= 15 is 0 Å². The summed E-state index contributed by atoms with van der Waals surface area (Å²) in [6.45, 7) is 0.386. The second kappa shape index (κ2) is 4.94. The molecule has 1 heterocycles. The van der Waals surface area contributed by atoms with E-state index in [-0.39, 0.29) is 5.82 Å². The van der Waals surface area contributed by atoms with Crippen LogP contribution in [-0.2, 0) is 6.61 Å². The van der Waals surface area contributed by atoms with Crippen molar-refractivity contribution in [2.45, 2.75) is 6.61 Å². The molecule has 0 aliphatic heterocycles. The lowest BCUT2D eigenvalue weighted by Gasteiger charge is -2.04. The number of hydrogen-bond acceptors (Lipinski definition) is 1. The Morgan fingerprint density at radius 2 is 2.00 bits per heavy atom. The third kappa shape index (κ3) is 2.71. The van der Waals surface area contributed by atoms with Crippen LogP contribution in [0.2, 0.25) is 5.02 Å². The summed E-state index contributed by atoms with van der Waals surface area (Å²) in [6.07, 6.45) is 0. The van der Waals surface area contributed by atoms with Crippen LogP contribution in [0.5, 0.6) is 5.75 Å². The number of aromatic amines is 1. The molecule has 0 aliphatic rings. The van der Waals surface area contributed by atoms with Gasteiger partial charge in [0.1, 0.15) is 18.2 Å². The van der Waals surface area contributed by atoms with E-state index in [1.54, 1.807) is 18.2 Å². The Morgan fingerprint density at radius 3 is 2.84 bits per heavy atom. The van der Waals surface area contributed by atoms with Crippen LogP contribution in [0.25, 0.3) is 10.9 Å². The zero-order chi connectivity index (χ0) is 13.2. The van der Waals surface area contributed by atoms with Gasteiger partial charge in [-0.2, -0.15) is 0 Å². The molecular formula is C15H11ClFNO. The van der Waals surface area contributed by atoms with Gasteiger partial charge in [-0.25, -0.2) is 4.39 Å². The average molecular weight is 276 g/mol. The van der Waals surface area contributed by atoms with E-state index in [0.29, 0.717) is 17.4 Å². The van der Waals surface area contributed by atoms with Gasteiger partial charge in [-0.3, -0.25) is 0 Å². The van der Waals surface area contributed by atoms with Crippen LogP contribution in [0.1, 0.15) is 5.69 Å². The molecule has 0 fully saturated rings. The summed E-state index contributed by atoms with van der Waals surface area (Å²) in [5, 5.41) is 1.47. The van der Waals surface area contributed by atoms with Gasteiger partial charge < -0.3 is 9.72 Å². The number of halogens is 2. The quantitative estimate of drug-likeness (QED) is 0.746. The normalized spacial score (nSPS) is 10.8. The van der Waals surface area contributed by atoms with E-state index in [1.807, 2.05) is 18.2 Å². The zero-order valence-electron chi connectivity index (χ0n) is 9.99. The zero-order valence-corrected chi connectivity index (χ0v) is 10.7. The highest BCUT2D eigenvalue weighted by atomic mass is 35.5. The Kier molecular flexibility index (Phi) is 3.13. The minimum atomic E-state index is -0.242. The Hall–Kier alpha value is -2.00. The molecule has 0 spiro atoms. The lowest BCUT2D eigenvalue weighted by Crippen LogP contribution is -1.95. The second-order valence-electron chi connectivity index (χ2n) is 4.27. The van der Waals surface area contributed by atoms with Crippen LogP contribution in [0.3, 0.4) is 0 Å². The number of hydrogen-bond donors (Lipinski definition) is 1. The number of nitrogens with one attached hydrogen (secondary N) is 1. The van der Waals surface area contributed by atoms with Gasteiger partial charge in [-0.1, -0.05) is 17.7 Å². The van der Waals surface area contributed by atoms with Crippen molar-refractivity contribution < 1.29 is 9.13 Å². The summed E-state index contributed by atoms with van der Waals surface area (Å²) in [5.41, 5.74) is 1.78. The SMILES string of the molecule is Fc1ccc2[nH]c(COc3cccc(Cl)c3)cc2c1. The first-order valence-corrected chi connectivity index (χ1v) is 6.24. The molecule has 0 aliphatic carbocycles. The second-order valence-corrected chi connectivity index (χ2v) is 4.71. The Balaban J connectivity index is 1.78. The van der Waals surface area contributed by atoms with Gasteiger partial charge in [-0.05, 0) is 42.5 Å². The third-order valence-electron chi connectivity index (χ3n) is 2.83. The van der Waals surface area contributed by atoms with Gasteiger partial charge in [0.15, 0.2) is 0 Å². The molecule has 1 N–H and O–H groups in total. The molecule has 4 heteroatoms. The fraction of sp³-hybridized carbons (Fsp3) is 0.0667. The van der Waals surface area contributed by atoms with Gasteiger partial charge in [0.05, 0.1) is 5.69 Å². The molecule has 0 radical (unpaired) electrons. The summed E-state index contributed by atoms with van der Waals surface area (Å²) in [6, 6.07) is 13.7. The predicted octanol–water partition coefficient (Wildman–Crippen LogP) is 4.54. The molecule has 0 atom stereocenters. The van der Waals surface area contributed by atoms with Crippen molar-refractivity contribution in [3.63, 3.8) is 0 Å². The van der Waals surface area contributed by atoms with E-state index in [2.05, 4.69) is 4.98 Å². The standard InChI is InChI=1S/C15H11ClFNO/c16-11-2-1-3-14(8-11)19-9-13-7-10-6-12(17)4-5-15(10)18-13/h1-8,18H,9H2. The van der Waals surface area contributed by atoms with Crippen molar-refractivity contribution in [1.29, 1.82) is 0 Å². The Bertz CT molecular complexity index is 723. The lowest BCUT2D eigenvalue weighted by atomic mass is 10.2. The number of aromatic nitrogens is 1. The molecule has 0 saturated carbocycles. The van der Waals surface area contributed by atoms with Crippen molar-refractivity contribution >= 4 is 22.5 Å². The van der Waals surface area contributed by atoms with Crippen molar-refractivity contribution in [1.82, 2.24) is 4.98 Å². The summed E-state index contributed by atoms with van der Waals surface area (Å²) in [7, 11) is 0. The molecule has 19 heavy (non-hydrogen) atoms. The van der Waals surface area contributed by atoms with Crippen molar-refractivity contribution in [2.75, 3.05) is 0 Å². The van der Waals surface area contributed by atoms with Gasteiger partial charge in [0.25, 0.3) is 0 Å². The molecule has 96 valence electrons. The number of H-pyrrole nitrogens is 1. The van der Waals surface area contributed by atoms with E-state index in [1.165, 1.54) is 12.1 Å². The highest BCUT2D eigenvalue weighted by molar-refractivity contribution is 6.30. The van der Waals surface area contributed by atoms with Gasteiger partial charge in [0.2, 0.25) is 0 Å². The Labute approximate surface area is 114 Å². The van der Waals surface area contributed by atoms with Gasteiger partial charge >= 0.3 is 0 Å². The van der Waals surface area contributed by atoms with Crippen molar-refractivity contribution in [2.24, 2.45) is 0 Å². The number of ether oxygens (including phenoxy) is 1. The highest BCUT2D eigenvalue weighted by Gasteiger charge is 2.03. The summed E-state index contributed by atoms with van der Waals surface area (Å²) < 4.78 is 18.7. The number of fused-ring (bicyclic) bond motifs is 1. The maximum Gasteiger partial charge on any atom is 0.128 e. The molecule has 2 aromatic carbocycles. The van der Waals surface area contributed by atoms with Crippen LogP contribution in [0, 0.1) is 5.82 Å². The van der Waals surface area contributed by atoms with Gasteiger partial charge in [-0.15, -0.1) is 0 Å². The summed E-state index contributed by atoms with van der Waals surface area (Å²) >= 11 is 5.88. The summed E-state index contributed by atoms with van der Waals surface area (Å²) in [5.74, 6) is 0.464. The molecule has 0 unspecified atom stereocenters. The number of benzene rings is 2. The third-order valence-corrected chi connectivity index (χ3v) is 3.06. The molecule has 0 amide bonds. The fourth-order valence-corrected chi connectivity index (χ4v) is 2.14. The molecular weight excluding hydrogens is 265 g/mol. The van der Waals surface area contributed by atoms with E-state index < -0.39 is 0 Å². The lowest BCUT2D eigenvalue weighted by molar-refractivity contribution is 0.302. The van der Waals surface area contributed by atoms with Crippen LogP contribution >= 0.6 is 11.6 Å². The first-order valence-electron chi connectivity index (χ1n) is 5.86. The largest absolute Gasteiger partial charge is 0.487 e. The molecule has 3 aromatic rings. The smallest absolute Gasteiger partial charge is 0.128 e. The van der Waals surface area contributed by atoms with Gasteiger partial charge in [0, 0.05) is 15.9 Å². The van der Waals surface area contributed by atoms with Crippen molar-refractivity contribution in [3.8, 4) is 5.75 Å². The highest BCUT2D eigenvalue weighted by Crippen LogP contribution is 2.20. The first kappa shape index (κ1) is 12.1. The monoisotopic (exact) mass is 275 g/mol. The topological polar surface area (TPSA) is 25.0 Å². The molecule has 2 nitrogen and oxygen atoms in total. The van der Waals surface area contributed by atoms with Crippen LogP contribution in [-0.4, -0.2) is 4.98 Å². The van der Waals surface area contributed by atoms with Crippen LogP contribution < -0.4 is 4.74 Å². The molecule has 1 aromatic heterocycles. The van der Waals surface area contributed by atoms with Crippen LogP contribution in [0.4, 0.5) is 4.39 Å². The predicted molar refractivity (Wildman–Crippen MR) is 74.0 cm³/mol. The summed E-state index contributed by atoms with van der Waals surface area (Å²) in [4.78, 5) is 3.18. The fourth-order valence-electron chi connectivity index (χ4n) is 1.96. The van der Waals surface area contributed by atoms with E-state index in [9.17, 15) is 4.39 Å². The minimum absolute atomic E-state index is 0.242. The van der Waals surface area contributed by atoms with E-state index in [0.717, 1.165) is 16.6 Å². The van der Waals surface area contributed by atoms with E-state index in [4.69, 9.17) is 16.3 Å². The molecule has 0 saturated heterocycles.